The van der Waals surface area contributed by atoms with Crippen LogP contribution in [0, 0.1) is 11.3 Å². The zero-order valence-electron chi connectivity index (χ0n) is 16.3. The average molecular weight is 403 g/mol. The number of fused-ring (bicyclic) bond motifs is 1. The molecule has 0 aliphatic carbocycles. The van der Waals surface area contributed by atoms with Crippen LogP contribution in [-0.2, 0) is 4.79 Å². The molecule has 0 saturated carbocycles. The van der Waals surface area contributed by atoms with Crippen molar-refractivity contribution in [1.29, 1.82) is 5.26 Å². The molecule has 2 N–H and O–H groups in total. The van der Waals surface area contributed by atoms with Crippen LogP contribution in [-0.4, -0.2) is 44.0 Å². The molecule has 1 aromatic heterocycles. The van der Waals surface area contributed by atoms with Gasteiger partial charge in [-0.3, -0.25) is 4.79 Å². The Bertz CT molecular complexity index is 1130. The molecule has 4 rings (SSSR count). The van der Waals surface area contributed by atoms with E-state index in [-0.39, 0.29) is 5.57 Å². The SMILES string of the molecule is CN1CCN(c2ccc3cc(-c4ccc(/C=C(\C#N)C(N)=O)s4)ccc3c2)CC1. The number of hydrogen-bond acceptors (Lipinski definition) is 5. The van der Waals surface area contributed by atoms with Crippen molar-refractivity contribution in [2.75, 3.05) is 38.1 Å². The highest BCUT2D eigenvalue weighted by Gasteiger charge is 2.14. The van der Waals surface area contributed by atoms with Crippen molar-refractivity contribution in [3.05, 3.63) is 59.0 Å². The Morgan fingerprint density at radius 1 is 1.07 bits per heavy atom. The molecule has 5 nitrogen and oxygen atoms in total. The lowest BCUT2D eigenvalue weighted by Crippen LogP contribution is -2.44. The van der Waals surface area contributed by atoms with Crippen molar-refractivity contribution in [1.82, 2.24) is 4.90 Å². The zero-order chi connectivity index (χ0) is 20.4. The third-order valence-electron chi connectivity index (χ3n) is 5.28. The normalized spacial score (nSPS) is 15.4. The Kier molecular flexibility index (Phi) is 5.34. The van der Waals surface area contributed by atoms with Gasteiger partial charge in [0.15, 0.2) is 0 Å². The monoisotopic (exact) mass is 402 g/mol. The molecule has 1 amide bonds. The minimum Gasteiger partial charge on any atom is -0.369 e. The highest BCUT2D eigenvalue weighted by Crippen LogP contribution is 2.32. The summed E-state index contributed by atoms with van der Waals surface area (Å²) < 4.78 is 0. The summed E-state index contributed by atoms with van der Waals surface area (Å²) in [6.07, 6.45) is 1.54. The molecule has 0 unspecified atom stereocenters. The highest BCUT2D eigenvalue weighted by molar-refractivity contribution is 7.16. The van der Waals surface area contributed by atoms with E-state index < -0.39 is 5.91 Å². The highest BCUT2D eigenvalue weighted by atomic mass is 32.1. The second kappa shape index (κ2) is 8.08. The molecule has 1 fully saturated rings. The molecule has 146 valence electrons. The predicted octanol–water partition coefficient (Wildman–Crippen LogP) is 3.71. The molecular formula is C23H22N4OS. The van der Waals surface area contributed by atoms with Crippen LogP contribution in [0.15, 0.2) is 54.1 Å². The summed E-state index contributed by atoms with van der Waals surface area (Å²) in [5, 5.41) is 11.4. The van der Waals surface area contributed by atoms with E-state index in [9.17, 15) is 4.79 Å². The summed E-state index contributed by atoms with van der Waals surface area (Å²) in [6, 6.07) is 18.9. The fourth-order valence-electron chi connectivity index (χ4n) is 3.53. The van der Waals surface area contributed by atoms with Gasteiger partial charge in [-0.1, -0.05) is 18.2 Å². The van der Waals surface area contributed by atoms with Crippen LogP contribution in [0.5, 0.6) is 0 Å². The van der Waals surface area contributed by atoms with Crippen molar-refractivity contribution < 1.29 is 4.79 Å². The number of nitrogens with two attached hydrogens (primary N) is 1. The number of rotatable bonds is 4. The Hall–Kier alpha value is -3.14. The standard InChI is InChI=1S/C23H22N4OS/c1-26-8-10-27(11-9-26)20-5-4-16-12-18(3-2-17(16)13-20)22-7-6-21(29-22)14-19(15-24)23(25)28/h2-7,12-14H,8-11H2,1H3,(H2,25,28)/b19-14+. The minimum atomic E-state index is -0.704. The summed E-state index contributed by atoms with van der Waals surface area (Å²) >= 11 is 1.53. The lowest BCUT2D eigenvalue weighted by atomic mass is 10.0. The number of benzene rings is 2. The van der Waals surface area contributed by atoms with Crippen LogP contribution in [0.3, 0.4) is 0 Å². The third kappa shape index (κ3) is 4.16. The fraction of sp³-hybridized carbons (Fsp3) is 0.217. The van der Waals surface area contributed by atoms with E-state index in [1.54, 1.807) is 6.08 Å². The lowest BCUT2D eigenvalue weighted by Gasteiger charge is -2.34. The van der Waals surface area contributed by atoms with Crippen molar-refractivity contribution in [3.8, 4) is 16.5 Å². The van der Waals surface area contributed by atoms with Gasteiger partial charge in [0.05, 0.1) is 0 Å². The molecule has 6 heteroatoms. The molecule has 0 bridgehead atoms. The first kappa shape index (κ1) is 19.2. The summed E-state index contributed by atoms with van der Waals surface area (Å²) in [4.78, 5) is 18.0. The van der Waals surface area contributed by atoms with Crippen LogP contribution in [0.1, 0.15) is 4.88 Å². The van der Waals surface area contributed by atoms with E-state index in [1.807, 2.05) is 18.2 Å². The van der Waals surface area contributed by atoms with Gasteiger partial charge in [-0.2, -0.15) is 5.26 Å². The number of nitriles is 1. The van der Waals surface area contributed by atoms with Crippen molar-refractivity contribution >= 4 is 39.8 Å². The van der Waals surface area contributed by atoms with E-state index in [0.29, 0.717) is 0 Å². The number of carbonyl (C=O) groups is 1. The molecular weight excluding hydrogens is 380 g/mol. The summed E-state index contributed by atoms with van der Waals surface area (Å²) in [7, 11) is 2.17. The number of nitrogens with zero attached hydrogens (tertiary/aromatic N) is 3. The van der Waals surface area contributed by atoms with Crippen molar-refractivity contribution in [2.45, 2.75) is 0 Å². The number of amides is 1. The predicted molar refractivity (Wildman–Crippen MR) is 120 cm³/mol. The number of hydrogen-bond donors (Lipinski definition) is 1. The van der Waals surface area contributed by atoms with Crippen LogP contribution < -0.4 is 10.6 Å². The molecule has 1 saturated heterocycles. The van der Waals surface area contributed by atoms with Gasteiger partial charge in [-0.25, -0.2) is 0 Å². The summed E-state index contributed by atoms with van der Waals surface area (Å²) in [5.41, 5.74) is 7.58. The molecule has 2 aromatic carbocycles. The molecule has 1 aliphatic heterocycles. The van der Waals surface area contributed by atoms with E-state index >= 15 is 0 Å². The van der Waals surface area contributed by atoms with Crippen LogP contribution in [0.25, 0.3) is 27.3 Å². The fourth-order valence-corrected chi connectivity index (χ4v) is 4.48. The third-order valence-corrected chi connectivity index (χ3v) is 6.36. The molecule has 29 heavy (non-hydrogen) atoms. The van der Waals surface area contributed by atoms with Crippen molar-refractivity contribution in [3.63, 3.8) is 0 Å². The van der Waals surface area contributed by atoms with E-state index in [0.717, 1.165) is 41.5 Å². The van der Waals surface area contributed by atoms with Gasteiger partial charge in [0.1, 0.15) is 11.6 Å². The van der Waals surface area contributed by atoms with E-state index in [4.69, 9.17) is 11.0 Å². The second-order valence-electron chi connectivity index (χ2n) is 7.27. The second-order valence-corrected chi connectivity index (χ2v) is 8.39. The first-order chi connectivity index (χ1) is 14.0. The molecule has 0 radical (unpaired) electrons. The largest absolute Gasteiger partial charge is 0.369 e. The number of piperazine rings is 1. The maximum Gasteiger partial charge on any atom is 0.259 e. The molecule has 3 aromatic rings. The van der Waals surface area contributed by atoms with Gasteiger partial charge in [0.2, 0.25) is 0 Å². The van der Waals surface area contributed by atoms with Gasteiger partial charge >= 0.3 is 0 Å². The van der Waals surface area contributed by atoms with Gasteiger partial charge in [0, 0.05) is 41.6 Å². The van der Waals surface area contributed by atoms with Gasteiger partial charge in [-0.15, -0.1) is 11.3 Å². The van der Waals surface area contributed by atoms with Crippen molar-refractivity contribution in [2.24, 2.45) is 5.73 Å². The first-order valence-corrected chi connectivity index (χ1v) is 10.3. The Labute approximate surface area is 174 Å². The number of anilines is 1. The number of carbonyl (C=O) groups excluding carboxylic acids is 1. The van der Waals surface area contributed by atoms with Crippen LogP contribution in [0.4, 0.5) is 5.69 Å². The lowest BCUT2D eigenvalue weighted by molar-refractivity contribution is -0.114. The molecule has 0 atom stereocenters. The number of primary amides is 1. The smallest absolute Gasteiger partial charge is 0.259 e. The molecule has 1 aliphatic rings. The number of thiophene rings is 1. The van der Waals surface area contributed by atoms with Crippen LogP contribution >= 0.6 is 11.3 Å². The molecule has 0 spiro atoms. The van der Waals surface area contributed by atoms with Gasteiger partial charge < -0.3 is 15.5 Å². The topological polar surface area (TPSA) is 73.4 Å². The van der Waals surface area contributed by atoms with E-state index in [1.165, 1.54) is 27.8 Å². The van der Waals surface area contributed by atoms with Gasteiger partial charge in [-0.05, 0) is 59.8 Å². The van der Waals surface area contributed by atoms with Crippen LogP contribution in [0.2, 0.25) is 0 Å². The summed E-state index contributed by atoms with van der Waals surface area (Å²) in [5.74, 6) is -0.704. The number of likely N-dealkylation sites (N-methyl/N-ethyl adjacent to an activating group) is 1. The Morgan fingerprint density at radius 3 is 2.52 bits per heavy atom. The first-order valence-electron chi connectivity index (χ1n) is 9.52. The Balaban J connectivity index is 1.59. The quantitative estimate of drug-likeness (QED) is 0.533. The Morgan fingerprint density at radius 2 is 1.79 bits per heavy atom. The van der Waals surface area contributed by atoms with E-state index in [2.05, 4.69) is 53.2 Å². The van der Waals surface area contributed by atoms with Gasteiger partial charge in [0.25, 0.3) is 5.91 Å². The maximum absolute atomic E-state index is 11.2. The average Bonchev–Trinajstić information content (AvgIpc) is 3.20. The zero-order valence-corrected chi connectivity index (χ0v) is 17.1. The maximum atomic E-state index is 11.2. The molecule has 2 heterocycles. The summed E-state index contributed by atoms with van der Waals surface area (Å²) in [6.45, 7) is 4.30. The minimum absolute atomic E-state index is 0.0339.